The second-order valence-corrected chi connectivity index (χ2v) is 3.87. The van der Waals surface area contributed by atoms with Crippen LogP contribution in [0.15, 0.2) is 0 Å². The summed E-state index contributed by atoms with van der Waals surface area (Å²) in [5.74, 6) is -0.947. The molecule has 0 rings (SSSR count). The Bertz CT molecular complexity index is 162. The fourth-order valence-electron chi connectivity index (χ4n) is 1.24. The second kappa shape index (κ2) is 3.87. The van der Waals surface area contributed by atoms with Crippen LogP contribution in [0, 0.1) is 0 Å². The van der Waals surface area contributed by atoms with Gasteiger partial charge in [0.2, 0.25) is 6.04 Å². The van der Waals surface area contributed by atoms with E-state index in [1.54, 1.807) is 28.1 Å². The largest absolute Gasteiger partial charge is 0.477 e. The van der Waals surface area contributed by atoms with E-state index in [4.69, 9.17) is 5.11 Å². The Hall–Kier alpha value is -0.610. The molecule has 2 N–H and O–H groups in total. The molecule has 0 aliphatic heterocycles. The highest BCUT2D eigenvalue weighted by molar-refractivity contribution is 5.72. The number of likely N-dealkylation sites (N-methyl/N-ethyl adjacent to an activating group) is 1. The van der Waals surface area contributed by atoms with Crippen molar-refractivity contribution in [3.63, 3.8) is 0 Å². The third-order valence-corrected chi connectivity index (χ3v) is 1.87. The number of nitrogens with zero attached hydrogens (tertiary/aromatic N) is 1. The summed E-state index contributed by atoms with van der Waals surface area (Å²) in [5.41, 5.74) is 0. The van der Waals surface area contributed by atoms with E-state index in [-0.39, 0.29) is 4.48 Å². The lowest BCUT2D eigenvalue weighted by atomic mass is 10.1. The molecule has 0 radical (unpaired) electrons. The van der Waals surface area contributed by atoms with Gasteiger partial charge in [0.05, 0.1) is 21.1 Å². The normalized spacial score (nSPS) is 17.1. The monoisotopic (exact) mass is 176 g/mol. The van der Waals surface area contributed by atoms with Crippen LogP contribution in [0.25, 0.3) is 0 Å². The lowest BCUT2D eigenvalue weighted by Crippen LogP contribution is -2.55. The molecule has 0 bridgehead atoms. The number of carboxylic acid groups (broad SMARTS) is 1. The van der Waals surface area contributed by atoms with Crippen LogP contribution in [0.4, 0.5) is 0 Å². The molecule has 12 heavy (non-hydrogen) atoms. The Morgan fingerprint density at radius 1 is 1.42 bits per heavy atom. The molecule has 2 unspecified atom stereocenters. The zero-order chi connectivity index (χ0) is 9.94. The quantitative estimate of drug-likeness (QED) is 0.589. The number of aliphatic carboxylic acids is 1. The van der Waals surface area contributed by atoms with Crippen LogP contribution in [0.1, 0.15) is 13.3 Å². The van der Waals surface area contributed by atoms with Gasteiger partial charge in [0.15, 0.2) is 0 Å². The number of quaternary nitrogens is 1. The smallest absolute Gasteiger partial charge is 0.365 e. The number of aliphatic hydroxyl groups is 1. The molecule has 0 amide bonds. The van der Waals surface area contributed by atoms with Crippen LogP contribution >= 0.6 is 0 Å². The predicted octanol–water partition coefficient (Wildman–Crippen LogP) is -0.0833. The molecule has 0 saturated carbocycles. The minimum Gasteiger partial charge on any atom is -0.477 e. The zero-order valence-electron chi connectivity index (χ0n) is 8.11. The van der Waals surface area contributed by atoms with Gasteiger partial charge in [0.1, 0.15) is 6.10 Å². The second-order valence-electron chi connectivity index (χ2n) is 3.87. The van der Waals surface area contributed by atoms with Crippen LogP contribution < -0.4 is 0 Å². The molecule has 0 aliphatic rings. The van der Waals surface area contributed by atoms with Gasteiger partial charge in [-0.1, -0.05) is 6.92 Å². The Kier molecular flexibility index (Phi) is 3.67. The number of hydrogen-bond acceptors (Lipinski definition) is 2. The van der Waals surface area contributed by atoms with Gasteiger partial charge in [-0.15, -0.1) is 0 Å². The fraction of sp³-hybridized carbons (Fsp3) is 0.875. The SMILES string of the molecule is CCC(O)C(C(=O)O)[N+](C)(C)C. The highest BCUT2D eigenvalue weighted by Gasteiger charge is 2.37. The molecule has 0 aromatic heterocycles. The number of carbonyl (C=O) groups is 1. The summed E-state index contributed by atoms with van der Waals surface area (Å²) in [6.45, 7) is 1.77. The first-order chi connectivity index (χ1) is 5.30. The number of hydrogen-bond donors (Lipinski definition) is 2. The molecule has 0 heterocycles. The fourth-order valence-corrected chi connectivity index (χ4v) is 1.24. The summed E-state index contributed by atoms with van der Waals surface area (Å²) in [7, 11) is 5.28. The van der Waals surface area contributed by atoms with Crippen molar-refractivity contribution in [2.24, 2.45) is 0 Å². The van der Waals surface area contributed by atoms with E-state index in [9.17, 15) is 9.90 Å². The standard InChI is InChI=1S/C8H17NO3/c1-5-6(10)7(8(11)12)9(2,3)4/h6-7,10H,5H2,1-4H3/p+1. The Morgan fingerprint density at radius 2 is 1.83 bits per heavy atom. The molecule has 4 heteroatoms. The van der Waals surface area contributed by atoms with Crippen molar-refractivity contribution >= 4 is 5.97 Å². The molecule has 0 fully saturated rings. The van der Waals surface area contributed by atoms with Gasteiger partial charge in [-0.3, -0.25) is 0 Å². The number of aliphatic hydroxyl groups excluding tert-OH is 1. The third kappa shape index (κ3) is 2.79. The lowest BCUT2D eigenvalue weighted by Gasteiger charge is -2.33. The molecule has 0 aromatic carbocycles. The Balaban J connectivity index is 4.56. The summed E-state index contributed by atoms with van der Waals surface area (Å²) in [5, 5.41) is 18.3. The molecule has 0 aliphatic carbocycles. The van der Waals surface area contributed by atoms with E-state index in [1.807, 2.05) is 0 Å². The van der Waals surface area contributed by atoms with Gasteiger partial charge in [-0.05, 0) is 6.42 Å². The molecular formula is C8H18NO3+. The highest BCUT2D eigenvalue weighted by Crippen LogP contribution is 2.10. The first-order valence-electron chi connectivity index (χ1n) is 4.02. The summed E-state index contributed by atoms with van der Waals surface area (Å²) >= 11 is 0. The first kappa shape index (κ1) is 11.4. The van der Waals surface area contributed by atoms with Crippen LogP contribution in [0.2, 0.25) is 0 Å². The van der Waals surface area contributed by atoms with Crippen LogP contribution in [0.3, 0.4) is 0 Å². The first-order valence-corrected chi connectivity index (χ1v) is 4.02. The van der Waals surface area contributed by atoms with Gasteiger partial charge in [0.25, 0.3) is 0 Å². The topological polar surface area (TPSA) is 57.5 Å². The van der Waals surface area contributed by atoms with Crippen LogP contribution in [-0.4, -0.2) is 54.0 Å². The lowest BCUT2D eigenvalue weighted by molar-refractivity contribution is -0.890. The van der Waals surface area contributed by atoms with Crippen molar-refractivity contribution in [3.05, 3.63) is 0 Å². The molecule has 4 nitrogen and oxygen atoms in total. The molecule has 2 atom stereocenters. The average Bonchev–Trinajstić information content (AvgIpc) is 1.83. The van der Waals surface area contributed by atoms with Crippen molar-refractivity contribution in [1.82, 2.24) is 0 Å². The maximum Gasteiger partial charge on any atom is 0.365 e. The van der Waals surface area contributed by atoms with E-state index >= 15 is 0 Å². The van der Waals surface area contributed by atoms with Crippen LogP contribution in [-0.2, 0) is 4.79 Å². The summed E-state index contributed by atoms with van der Waals surface area (Å²) in [4.78, 5) is 10.8. The molecule has 0 aromatic rings. The van der Waals surface area contributed by atoms with Gasteiger partial charge < -0.3 is 14.7 Å². The van der Waals surface area contributed by atoms with Crippen molar-refractivity contribution < 1.29 is 19.5 Å². The van der Waals surface area contributed by atoms with Crippen molar-refractivity contribution in [3.8, 4) is 0 Å². The Morgan fingerprint density at radius 3 is 1.92 bits per heavy atom. The van der Waals surface area contributed by atoms with Crippen molar-refractivity contribution in [2.75, 3.05) is 21.1 Å². The van der Waals surface area contributed by atoms with E-state index in [0.29, 0.717) is 6.42 Å². The average molecular weight is 176 g/mol. The van der Waals surface area contributed by atoms with E-state index in [2.05, 4.69) is 0 Å². The molecule has 72 valence electrons. The van der Waals surface area contributed by atoms with Gasteiger partial charge in [0, 0.05) is 0 Å². The van der Waals surface area contributed by atoms with Gasteiger partial charge in [-0.25, -0.2) is 4.79 Å². The van der Waals surface area contributed by atoms with E-state index in [1.165, 1.54) is 0 Å². The molecular weight excluding hydrogens is 158 g/mol. The van der Waals surface area contributed by atoms with Crippen molar-refractivity contribution in [2.45, 2.75) is 25.5 Å². The van der Waals surface area contributed by atoms with Crippen LogP contribution in [0.5, 0.6) is 0 Å². The number of rotatable bonds is 4. The minimum absolute atomic E-state index is 0.240. The van der Waals surface area contributed by atoms with E-state index < -0.39 is 18.1 Å². The number of carboxylic acids is 1. The summed E-state index contributed by atoms with van der Waals surface area (Å²) in [6.07, 6.45) is -0.311. The minimum atomic E-state index is -0.947. The molecule has 0 saturated heterocycles. The summed E-state index contributed by atoms with van der Waals surface area (Å²) < 4.78 is 0.240. The van der Waals surface area contributed by atoms with E-state index in [0.717, 1.165) is 0 Å². The van der Waals surface area contributed by atoms with Crippen molar-refractivity contribution in [1.29, 1.82) is 0 Å². The zero-order valence-corrected chi connectivity index (χ0v) is 8.11. The maximum absolute atomic E-state index is 10.8. The third-order valence-electron chi connectivity index (χ3n) is 1.87. The van der Waals surface area contributed by atoms with Gasteiger partial charge in [-0.2, -0.15) is 0 Å². The maximum atomic E-state index is 10.8. The molecule has 0 spiro atoms. The highest BCUT2D eigenvalue weighted by atomic mass is 16.4. The Labute approximate surface area is 73.0 Å². The van der Waals surface area contributed by atoms with Gasteiger partial charge >= 0.3 is 5.97 Å². The summed E-state index contributed by atoms with van der Waals surface area (Å²) in [6, 6.07) is -0.741. The predicted molar refractivity (Wildman–Crippen MR) is 45.8 cm³/mol.